The molecule has 0 radical (unpaired) electrons. The van der Waals surface area contributed by atoms with Gasteiger partial charge in [0.25, 0.3) is 5.91 Å². The van der Waals surface area contributed by atoms with Crippen LogP contribution in [0.5, 0.6) is 11.5 Å². The Morgan fingerprint density at radius 1 is 1.14 bits per heavy atom. The zero-order chi connectivity index (χ0) is 25.5. The smallest absolute Gasteiger partial charge is 0.260 e. The Kier molecular flexibility index (Phi) is 8.68. The summed E-state index contributed by atoms with van der Waals surface area (Å²) in [5.74, 6) is 0.0136. The van der Waals surface area contributed by atoms with E-state index < -0.39 is 5.91 Å². The number of carbonyl (C=O) groups is 2. The first-order chi connectivity index (χ1) is 16.7. The van der Waals surface area contributed by atoms with Crippen molar-refractivity contribution < 1.29 is 24.2 Å². The number of ether oxygens (including phenoxy) is 2. The number of benzene rings is 3. The molecule has 0 saturated carbocycles. The molecule has 9 heteroatoms. The van der Waals surface area contributed by atoms with Crippen molar-refractivity contribution in [2.24, 2.45) is 5.73 Å². The number of rotatable bonds is 5. The fourth-order valence-electron chi connectivity index (χ4n) is 3.82. The summed E-state index contributed by atoms with van der Waals surface area (Å²) in [4.78, 5) is 24.8. The number of primary amides is 1. The zero-order valence-electron chi connectivity index (χ0n) is 19.5. The number of fused-ring (bicyclic) bond motifs is 1. The van der Waals surface area contributed by atoms with Gasteiger partial charge in [0, 0.05) is 35.8 Å². The Morgan fingerprint density at radius 2 is 1.80 bits per heavy atom. The summed E-state index contributed by atoms with van der Waals surface area (Å²) in [7, 11) is 0. The molecule has 4 N–H and O–H groups in total. The average Bonchev–Trinajstić information content (AvgIpc) is 2.83. The van der Waals surface area contributed by atoms with Gasteiger partial charge in [0.15, 0.2) is 6.61 Å². The number of nitrogens with zero attached hydrogens (tertiary/aromatic N) is 1. The van der Waals surface area contributed by atoms with Crippen LogP contribution in [0.3, 0.4) is 0 Å². The van der Waals surface area contributed by atoms with E-state index in [2.05, 4.69) is 0 Å². The van der Waals surface area contributed by atoms with E-state index in [9.17, 15) is 9.59 Å². The molecule has 184 valence electrons. The fourth-order valence-corrected chi connectivity index (χ4v) is 4.00. The lowest BCUT2D eigenvalue weighted by Gasteiger charge is -2.35. The van der Waals surface area contributed by atoms with Crippen molar-refractivity contribution in [2.75, 3.05) is 19.7 Å². The lowest BCUT2D eigenvalue weighted by Crippen LogP contribution is -2.49. The van der Waals surface area contributed by atoms with Gasteiger partial charge in [0.2, 0.25) is 5.91 Å². The van der Waals surface area contributed by atoms with Gasteiger partial charge < -0.3 is 30.6 Å². The largest absolute Gasteiger partial charge is 0.506 e. The maximum atomic E-state index is 12.4. The number of carbonyl (C=O) groups excluding carboxylic acids is 2. The maximum absolute atomic E-state index is 12.4. The number of hydrogen-bond donors (Lipinski definition) is 3. The minimum Gasteiger partial charge on any atom is -0.506 e. The van der Waals surface area contributed by atoms with Crippen LogP contribution < -0.4 is 10.5 Å². The number of halogens is 1. The van der Waals surface area contributed by atoms with Gasteiger partial charge in [-0.05, 0) is 49.6 Å². The number of nitrogens with one attached hydrogen (secondary N) is 1. The van der Waals surface area contributed by atoms with E-state index in [0.29, 0.717) is 18.8 Å². The van der Waals surface area contributed by atoms with Crippen molar-refractivity contribution in [3.8, 4) is 11.5 Å². The van der Waals surface area contributed by atoms with Gasteiger partial charge in [0.05, 0.1) is 17.2 Å². The molecule has 0 aliphatic carbocycles. The Bertz CT molecular complexity index is 1220. The minimum absolute atomic E-state index is 0.00731. The quantitative estimate of drug-likeness (QED) is 0.459. The summed E-state index contributed by atoms with van der Waals surface area (Å²) in [5, 5.41) is 18.4. The maximum Gasteiger partial charge on any atom is 0.260 e. The number of phenolic OH excluding ortho intramolecular Hbond substituents is 1. The number of aromatic hydroxyl groups is 1. The summed E-state index contributed by atoms with van der Waals surface area (Å²) in [6.45, 7) is 5.15. The second kappa shape index (κ2) is 11.7. The first kappa shape index (κ1) is 26.0. The minimum atomic E-state index is -0.563. The van der Waals surface area contributed by atoms with Crippen molar-refractivity contribution in [2.45, 2.75) is 26.1 Å². The van der Waals surface area contributed by atoms with Crippen LogP contribution in [0.1, 0.15) is 29.8 Å². The molecule has 2 atom stereocenters. The number of amides is 2. The fraction of sp³-hybridized carbons (Fsp3) is 0.269. The summed E-state index contributed by atoms with van der Waals surface area (Å²) in [5.41, 5.74) is 6.07. The molecule has 1 aliphatic heterocycles. The molecule has 1 saturated heterocycles. The first-order valence-corrected chi connectivity index (χ1v) is 11.4. The normalized spacial score (nSPS) is 17.3. The van der Waals surface area contributed by atoms with Crippen LogP contribution in [-0.4, -0.2) is 59.9 Å². The molecule has 0 aromatic heterocycles. The third-order valence-corrected chi connectivity index (χ3v) is 5.73. The Hall–Kier alpha value is -3.62. The van der Waals surface area contributed by atoms with Crippen LogP contribution in [0.2, 0.25) is 5.02 Å². The van der Waals surface area contributed by atoms with Crippen molar-refractivity contribution in [1.29, 1.82) is 5.41 Å². The van der Waals surface area contributed by atoms with Crippen LogP contribution in [0.4, 0.5) is 0 Å². The van der Waals surface area contributed by atoms with Gasteiger partial charge in [-0.3, -0.25) is 9.59 Å². The molecular weight excluding hydrogens is 470 g/mol. The van der Waals surface area contributed by atoms with Gasteiger partial charge in [-0.1, -0.05) is 35.9 Å². The molecule has 1 heterocycles. The lowest BCUT2D eigenvalue weighted by atomic mass is 10.0. The second-order valence-electron chi connectivity index (χ2n) is 8.22. The van der Waals surface area contributed by atoms with E-state index in [0.717, 1.165) is 16.3 Å². The molecule has 2 unspecified atom stereocenters. The monoisotopic (exact) mass is 497 g/mol. The molecule has 0 spiro atoms. The molecule has 2 amide bonds. The predicted octanol–water partition coefficient (Wildman–Crippen LogP) is 4.00. The number of phenols is 1. The number of nitrogens with two attached hydrogens (primary N) is 1. The molecule has 1 aliphatic rings. The molecular formula is C26H28ClN3O5. The zero-order valence-corrected chi connectivity index (χ0v) is 20.3. The van der Waals surface area contributed by atoms with E-state index in [-0.39, 0.29) is 41.1 Å². The highest BCUT2D eigenvalue weighted by molar-refractivity contribution is 6.32. The molecule has 3 aromatic rings. The number of morpholine rings is 1. The van der Waals surface area contributed by atoms with Gasteiger partial charge in [-0.15, -0.1) is 0 Å². The highest BCUT2D eigenvalue weighted by atomic mass is 35.5. The summed E-state index contributed by atoms with van der Waals surface area (Å²) in [6.07, 6.45) is 1.42. The SMILES string of the molecule is CC1CN(C(=O)COc2ccc(C=N)c3ccccc23)CC(C)O1.NC(=O)c1ccc(O)c(Cl)c1. The molecule has 4 rings (SSSR count). The third-order valence-electron chi connectivity index (χ3n) is 5.43. The van der Waals surface area contributed by atoms with Gasteiger partial charge >= 0.3 is 0 Å². The van der Waals surface area contributed by atoms with Crippen LogP contribution >= 0.6 is 11.6 Å². The highest BCUT2D eigenvalue weighted by Gasteiger charge is 2.26. The van der Waals surface area contributed by atoms with E-state index in [1.165, 1.54) is 24.4 Å². The van der Waals surface area contributed by atoms with Crippen LogP contribution in [0.15, 0.2) is 54.6 Å². The average molecular weight is 498 g/mol. The van der Waals surface area contributed by atoms with Crippen LogP contribution in [-0.2, 0) is 9.53 Å². The molecule has 1 fully saturated rings. The standard InChI is InChI=1S/C19H22N2O3.C7H6ClNO2/c1-13-10-21(11-14(2)24-13)19(22)12-23-18-8-7-15(9-20)16-5-3-4-6-17(16)18;8-5-3-4(7(9)11)1-2-6(5)10/h3-9,13-14,20H,10-12H2,1-2H3;1-3,10H,(H2,9,11). The Labute approximate surface area is 208 Å². The first-order valence-electron chi connectivity index (χ1n) is 11.1. The molecule has 8 nitrogen and oxygen atoms in total. The topological polar surface area (TPSA) is 126 Å². The molecule has 0 bridgehead atoms. The Morgan fingerprint density at radius 3 is 2.40 bits per heavy atom. The van der Waals surface area contributed by atoms with Gasteiger partial charge in [0.1, 0.15) is 11.5 Å². The summed E-state index contributed by atoms with van der Waals surface area (Å²) >= 11 is 5.50. The Balaban J connectivity index is 0.000000261. The molecule has 3 aromatic carbocycles. The van der Waals surface area contributed by atoms with E-state index in [1.54, 1.807) is 4.90 Å². The van der Waals surface area contributed by atoms with Crippen molar-refractivity contribution in [3.63, 3.8) is 0 Å². The van der Waals surface area contributed by atoms with E-state index >= 15 is 0 Å². The molecule has 35 heavy (non-hydrogen) atoms. The predicted molar refractivity (Wildman–Crippen MR) is 136 cm³/mol. The van der Waals surface area contributed by atoms with Gasteiger partial charge in [-0.2, -0.15) is 0 Å². The van der Waals surface area contributed by atoms with Gasteiger partial charge in [-0.25, -0.2) is 0 Å². The summed E-state index contributed by atoms with van der Waals surface area (Å²) in [6, 6.07) is 15.5. The van der Waals surface area contributed by atoms with Crippen LogP contribution in [0, 0.1) is 5.41 Å². The van der Waals surface area contributed by atoms with Crippen LogP contribution in [0.25, 0.3) is 10.8 Å². The van der Waals surface area contributed by atoms with Crippen molar-refractivity contribution in [1.82, 2.24) is 4.90 Å². The lowest BCUT2D eigenvalue weighted by molar-refractivity contribution is -0.145. The van der Waals surface area contributed by atoms with E-state index in [4.69, 9.17) is 37.3 Å². The summed E-state index contributed by atoms with van der Waals surface area (Å²) < 4.78 is 11.5. The highest BCUT2D eigenvalue weighted by Crippen LogP contribution is 2.28. The van der Waals surface area contributed by atoms with Crippen molar-refractivity contribution >= 4 is 40.4 Å². The van der Waals surface area contributed by atoms with Crippen molar-refractivity contribution in [3.05, 3.63) is 70.7 Å². The number of hydrogen-bond acceptors (Lipinski definition) is 6. The third kappa shape index (κ3) is 6.71. The van der Waals surface area contributed by atoms with E-state index in [1.807, 2.05) is 50.2 Å². The second-order valence-corrected chi connectivity index (χ2v) is 8.63.